The third kappa shape index (κ3) is 4.34. The standard InChI is InChI=1S/C13H22F3N3O/c1-10-6-11(8-17-7-10)12(20)19-4-2-18(3-5-19)9-13(14,15)16/h10-11,17H,2-9H2,1H3. The zero-order valence-corrected chi connectivity index (χ0v) is 11.7. The van der Waals surface area contributed by atoms with Crippen LogP contribution in [0.4, 0.5) is 13.2 Å². The Hall–Kier alpha value is -0.820. The van der Waals surface area contributed by atoms with E-state index in [0.29, 0.717) is 38.6 Å². The number of alkyl halides is 3. The zero-order valence-electron chi connectivity index (χ0n) is 11.7. The number of nitrogens with zero attached hydrogens (tertiary/aromatic N) is 2. The summed E-state index contributed by atoms with van der Waals surface area (Å²) in [4.78, 5) is 15.4. The van der Waals surface area contributed by atoms with Crippen LogP contribution in [0.25, 0.3) is 0 Å². The van der Waals surface area contributed by atoms with Gasteiger partial charge in [0.05, 0.1) is 12.5 Å². The van der Waals surface area contributed by atoms with Crippen LogP contribution in [0.2, 0.25) is 0 Å². The van der Waals surface area contributed by atoms with Crippen molar-refractivity contribution < 1.29 is 18.0 Å². The lowest BCUT2D eigenvalue weighted by Crippen LogP contribution is -2.54. The minimum absolute atomic E-state index is 0.0204. The lowest BCUT2D eigenvalue weighted by Gasteiger charge is -2.38. The molecule has 2 fully saturated rings. The van der Waals surface area contributed by atoms with E-state index in [2.05, 4.69) is 12.2 Å². The molecule has 20 heavy (non-hydrogen) atoms. The molecule has 0 saturated carbocycles. The number of piperidine rings is 1. The molecular formula is C13H22F3N3O. The van der Waals surface area contributed by atoms with Gasteiger partial charge in [0, 0.05) is 32.7 Å². The fraction of sp³-hybridized carbons (Fsp3) is 0.923. The lowest BCUT2D eigenvalue weighted by molar-refractivity contribution is -0.153. The van der Waals surface area contributed by atoms with Crippen LogP contribution < -0.4 is 5.32 Å². The molecular weight excluding hydrogens is 271 g/mol. The Morgan fingerprint density at radius 3 is 2.40 bits per heavy atom. The molecule has 0 spiro atoms. The van der Waals surface area contributed by atoms with Crippen LogP contribution >= 0.6 is 0 Å². The first kappa shape index (κ1) is 15.6. The van der Waals surface area contributed by atoms with E-state index in [1.807, 2.05) is 0 Å². The highest BCUT2D eigenvalue weighted by atomic mass is 19.4. The van der Waals surface area contributed by atoms with E-state index in [9.17, 15) is 18.0 Å². The van der Waals surface area contributed by atoms with E-state index in [1.54, 1.807) is 4.90 Å². The maximum atomic E-state index is 12.3. The highest BCUT2D eigenvalue weighted by molar-refractivity contribution is 5.79. The molecule has 2 unspecified atom stereocenters. The lowest BCUT2D eigenvalue weighted by atomic mass is 9.90. The Kier molecular flexibility index (Phi) is 4.90. The van der Waals surface area contributed by atoms with Gasteiger partial charge >= 0.3 is 6.18 Å². The van der Waals surface area contributed by atoms with Crippen LogP contribution in [-0.2, 0) is 4.79 Å². The van der Waals surface area contributed by atoms with Crippen molar-refractivity contribution in [1.29, 1.82) is 0 Å². The molecule has 7 heteroatoms. The van der Waals surface area contributed by atoms with Gasteiger partial charge in [-0.05, 0) is 18.9 Å². The second-order valence-electron chi connectivity index (χ2n) is 5.91. The largest absolute Gasteiger partial charge is 0.401 e. The van der Waals surface area contributed by atoms with E-state index >= 15 is 0 Å². The Bertz CT molecular complexity index is 340. The normalized spacial score (nSPS) is 29.5. The van der Waals surface area contributed by atoms with E-state index in [1.165, 1.54) is 4.90 Å². The summed E-state index contributed by atoms with van der Waals surface area (Å²) < 4.78 is 36.9. The van der Waals surface area contributed by atoms with Gasteiger partial charge in [-0.2, -0.15) is 13.2 Å². The quantitative estimate of drug-likeness (QED) is 0.823. The monoisotopic (exact) mass is 293 g/mol. The van der Waals surface area contributed by atoms with Crippen LogP contribution in [0.5, 0.6) is 0 Å². The maximum absolute atomic E-state index is 12.3. The topological polar surface area (TPSA) is 35.6 Å². The van der Waals surface area contributed by atoms with E-state index in [4.69, 9.17) is 0 Å². The van der Waals surface area contributed by atoms with Crippen LogP contribution in [0, 0.1) is 11.8 Å². The number of carbonyl (C=O) groups excluding carboxylic acids is 1. The van der Waals surface area contributed by atoms with Gasteiger partial charge in [0.1, 0.15) is 0 Å². The minimum Gasteiger partial charge on any atom is -0.340 e. The molecule has 0 aliphatic carbocycles. The summed E-state index contributed by atoms with van der Waals surface area (Å²) in [6.07, 6.45) is -3.29. The smallest absolute Gasteiger partial charge is 0.340 e. The number of hydrogen-bond acceptors (Lipinski definition) is 3. The highest BCUT2D eigenvalue weighted by Gasteiger charge is 2.34. The molecule has 2 rings (SSSR count). The summed E-state index contributed by atoms with van der Waals surface area (Å²) >= 11 is 0. The van der Waals surface area contributed by atoms with Crippen molar-refractivity contribution in [2.75, 3.05) is 45.8 Å². The SMILES string of the molecule is CC1CNCC(C(=O)N2CCN(CC(F)(F)F)CC2)C1. The zero-order chi connectivity index (χ0) is 14.8. The van der Waals surface area contributed by atoms with E-state index < -0.39 is 12.7 Å². The molecule has 0 aromatic rings. The van der Waals surface area contributed by atoms with Gasteiger partial charge in [0.15, 0.2) is 0 Å². The van der Waals surface area contributed by atoms with Crippen molar-refractivity contribution in [2.45, 2.75) is 19.5 Å². The summed E-state index contributed by atoms with van der Waals surface area (Å²) in [5.41, 5.74) is 0. The molecule has 2 aliphatic heterocycles. The fourth-order valence-electron chi connectivity index (χ4n) is 2.98. The number of amides is 1. The van der Waals surface area contributed by atoms with Crippen molar-refractivity contribution in [2.24, 2.45) is 11.8 Å². The van der Waals surface area contributed by atoms with Crippen LogP contribution in [-0.4, -0.2) is 67.7 Å². The van der Waals surface area contributed by atoms with Gasteiger partial charge in [0.25, 0.3) is 0 Å². The predicted molar refractivity (Wildman–Crippen MR) is 69.2 cm³/mol. The van der Waals surface area contributed by atoms with Crippen LogP contribution in [0.3, 0.4) is 0 Å². The Morgan fingerprint density at radius 1 is 1.20 bits per heavy atom. The predicted octanol–water partition coefficient (Wildman–Crippen LogP) is 0.938. The Balaban J connectivity index is 1.79. The van der Waals surface area contributed by atoms with Gasteiger partial charge in [-0.25, -0.2) is 0 Å². The van der Waals surface area contributed by atoms with Crippen molar-refractivity contribution in [3.05, 3.63) is 0 Å². The van der Waals surface area contributed by atoms with Gasteiger partial charge in [-0.3, -0.25) is 9.69 Å². The summed E-state index contributed by atoms with van der Waals surface area (Å²) in [6.45, 7) is 4.27. The molecule has 0 bridgehead atoms. The molecule has 0 aromatic heterocycles. The second kappa shape index (κ2) is 6.30. The first-order valence-corrected chi connectivity index (χ1v) is 7.14. The van der Waals surface area contributed by atoms with Crippen molar-refractivity contribution in [3.63, 3.8) is 0 Å². The molecule has 116 valence electrons. The number of hydrogen-bond donors (Lipinski definition) is 1. The summed E-state index contributed by atoms with van der Waals surface area (Å²) in [5.74, 6) is 0.549. The summed E-state index contributed by atoms with van der Waals surface area (Å²) in [5, 5.41) is 3.24. The number of rotatable bonds is 2. The van der Waals surface area contributed by atoms with Crippen LogP contribution in [0.1, 0.15) is 13.3 Å². The summed E-state index contributed by atoms with van der Waals surface area (Å²) in [7, 11) is 0. The molecule has 2 atom stereocenters. The molecule has 0 aromatic carbocycles. The first-order valence-electron chi connectivity index (χ1n) is 7.14. The van der Waals surface area contributed by atoms with Crippen molar-refractivity contribution in [1.82, 2.24) is 15.1 Å². The molecule has 0 radical (unpaired) electrons. The molecule has 2 heterocycles. The molecule has 2 saturated heterocycles. The maximum Gasteiger partial charge on any atom is 0.401 e. The summed E-state index contributed by atoms with van der Waals surface area (Å²) in [6, 6.07) is 0. The number of halogens is 3. The average Bonchev–Trinajstić information content (AvgIpc) is 2.37. The fourth-order valence-corrected chi connectivity index (χ4v) is 2.98. The molecule has 4 nitrogen and oxygen atoms in total. The van der Waals surface area contributed by atoms with E-state index in [0.717, 1.165) is 13.0 Å². The molecule has 1 N–H and O–H groups in total. The Labute approximate surface area is 117 Å². The van der Waals surface area contributed by atoms with Gasteiger partial charge < -0.3 is 10.2 Å². The number of carbonyl (C=O) groups is 1. The average molecular weight is 293 g/mol. The number of nitrogens with one attached hydrogen (secondary N) is 1. The first-order chi connectivity index (χ1) is 9.35. The number of piperazine rings is 1. The minimum atomic E-state index is -4.16. The van der Waals surface area contributed by atoms with Crippen molar-refractivity contribution in [3.8, 4) is 0 Å². The molecule has 2 aliphatic rings. The highest BCUT2D eigenvalue weighted by Crippen LogP contribution is 2.21. The molecule has 1 amide bonds. The van der Waals surface area contributed by atoms with Crippen LogP contribution in [0.15, 0.2) is 0 Å². The van der Waals surface area contributed by atoms with E-state index in [-0.39, 0.29) is 11.8 Å². The third-order valence-corrected chi connectivity index (χ3v) is 4.01. The second-order valence-corrected chi connectivity index (χ2v) is 5.91. The van der Waals surface area contributed by atoms with Gasteiger partial charge in [0.2, 0.25) is 5.91 Å². The third-order valence-electron chi connectivity index (χ3n) is 4.01. The van der Waals surface area contributed by atoms with Gasteiger partial charge in [-0.15, -0.1) is 0 Å². The Morgan fingerprint density at radius 2 is 1.85 bits per heavy atom. The van der Waals surface area contributed by atoms with Gasteiger partial charge in [-0.1, -0.05) is 6.92 Å². The van der Waals surface area contributed by atoms with Crippen molar-refractivity contribution >= 4 is 5.91 Å².